The SMILES string of the molecule is CCOC(=O)c1cccc(C)c1SC(C)Cl. The van der Waals surface area contributed by atoms with Gasteiger partial charge >= 0.3 is 5.97 Å². The highest BCUT2D eigenvalue weighted by atomic mass is 35.5. The lowest BCUT2D eigenvalue weighted by atomic mass is 10.1. The van der Waals surface area contributed by atoms with E-state index in [1.807, 2.05) is 26.0 Å². The van der Waals surface area contributed by atoms with Crippen molar-refractivity contribution in [3.63, 3.8) is 0 Å². The quantitative estimate of drug-likeness (QED) is 0.466. The van der Waals surface area contributed by atoms with E-state index in [1.165, 1.54) is 11.8 Å². The molecule has 16 heavy (non-hydrogen) atoms. The molecule has 0 aliphatic carbocycles. The molecule has 88 valence electrons. The third-order valence-electron chi connectivity index (χ3n) is 1.99. The van der Waals surface area contributed by atoms with Crippen molar-refractivity contribution in [1.82, 2.24) is 0 Å². The molecule has 0 spiro atoms. The summed E-state index contributed by atoms with van der Waals surface area (Å²) in [6.07, 6.45) is 0. The predicted molar refractivity (Wildman–Crippen MR) is 68.3 cm³/mol. The van der Waals surface area contributed by atoms with Gasteiger partial charge in [-0.2, -0.15) is 0 Å². The molecule has 1 aromatic carbocycles. The van der Waals surface area contributed by atoms with Crippen LogP contribution < -0.4 is 0 Å². The lowest BCUT2D eigenvalue weighted by Gasteiger charge is -2.12. The Labute approximate surface area is 105 Å². The van der Waals surface area contributed by atoms with E-state index in [0.717, 1.165) is 10.5 Å². The molecule has 0 radical (unpaired) electrons. The molecule has 2 nitrogen and oxygen atoms in total. The summed E-state index contributed by atoms with van der Waals surface area (Å²) in [6, 6.07) is 5.58. The van der Waals surface area contributed by atoms with Gasteiger partial charge in [-0.15, -0.1) is 23.4 Å². The van der Waals surface area contributed by atoms with Gasteiger partial charge in [-0.1, -0.05) is 12.1 Å². The number of carbonyl (C=O) groups is 1. The van der Waals surface area contributed by atoms with Gasteiger partial charge < -0.3 is 4.74 Å². The van der Waals surface area contributed by atoms with E-state index in [9.17, 15) is 4.79 Å². The van der Waals surface area contributed by atoms with Crippen molar-refractivity contribution in [3.8, 4) is 0 Å². The summed E-state index contributed by atoms with van der Waals surface area (Å²) in [7, 11) is 0. The molecule has 0 heterocycles. The fourth-order valence-corrected chi connectivity index (χ4v) is 2.47. The van der Waals surface area contributed by atoms with Crippen molar-refractivity contribution < 1.29 is 9.53 Å². The highest BCUT2D eigenvalue weighted by Crippen LogP contribution is 2.32. The number of aryl methyl sites for hydroxylation is 1. The molecular formula is C12H15ClO2S. The van der Waals surface area contributed by atoms with Crippen LogP contribution in [0.5, 0.6) is 0 Å². The zero-order valence-electron chi connectivity index (χ0n) is 9.62. The van der Waals surface area contributed by atoms with Crippen molar-refractivity contribution in [2.45, 2.75) is 30.4 Å². The molecule has 0 saturated heterocycles. The van der Waals surface area contributed by atoms with Crippen LogP contribution >= 0.6 is 23.4 Å². The molecule has 0 amide bonds. The van der Waals surface area contributed by atoms with Gasteiger partial charge in [-0.05, 0) is 32.4 Å². The number of benzene rings is 1. The fraction of sp³-hybridized carbons (Fsp3) is 0.417. The maximum Gasteiger partial charge on any atom is 0.339 e. The summed E-state index contributed by atoms with van der Waals surface area (Å²) in [5.41, 5.74) is 1.64. The Bertz CT molecular complexity index is 377. The molecule has 0 aromatic heterocycles. The second-order valence-corrected chi connectivity index (χ2v) is 5.60. The topological polar surface area (TPSA) is 26.3 Å². The van der Waals surface area contributed by atoms with E-state index in [1.54, 1.807) is 13.0 Å². The molecule has 0 aliphatic rings. The van der Waals surface area contributed by atoms with Gasteiger partial charge in [0.15, 0.2) is 0 Å². The maximum absolute atomic E-state index is 11.7. The minimum absolute atomic E-state index is 0.0747. The molecule has 1 aromatic rings. The zero-order chi connectivity index (χ0) is 12.1. The molecule has 0 fully saturated rings. The Morgan fingerprint density at radius 2 is 2.25 bits per heavy atom. The van der Waals surface area contributed by atoms with E-state index >= 15 is 0 Å². The van der Waals surface area contributed by atoms with Gasteiger partial charge in [0.05, 0.1) is 16.9 Å². The molecule has 0 bridgehead atoms. The second kappa shape index (κ2) is 6.16. The number of carbonyl (C=O) groups excluding carboxylic acids is 1. The Balaban J connectivity index is 3.07. The average Bonchev–Trinajstić information content (AvgIpc) is 2.20. The molecule has 0 aliphatic heterocycles. The van der Waals surface area contributed by atoms with Crippen LogP contribution in [0.1, 0.15) is 29.8 Å². The van der Waals surface area contributed by atoms with Crippen LogP contribution in [0.4, 0.5) is 0 Å². The number of thioether (sulfide) groups is 1. The van der Waals surface area contributed by atoms with Crippen molar-refractivity contribution >= 4 is 29.3 Å². The monoisotopic (exact) mass is 258 g/mol. The van der Waals surface area contributed by atoms with Gasteiger partial charge in [-0.25, -0.2) is 4.79 Å². The predicted octanol–water partition coefficient (Wildman–Crippen LogP) is 3.85. The van der Waals surface area contributed by atoms with Crippen molar-refractivity contribution in [2.75, 3.05) is 6.61 Å². The molecule has 0 N–H and O–H groups in total. The second-order valence-electron chi connectivity index (χ2n) is 3.33. The van der Waals surface area contributed by atoms with E-state index in [2.05, 4.69) is 0 Å². The molecule has 4 heteroatoms. The molecule has 1 unspecified atom stereocenters. The van der Waals surface area contributed by atoms with Crippen LogP contribution in [0, 0.1) is 6.92 Å². The average molecular weight is 259 g/mol. The maximum atomic E-state index is 11.7. The minimum atomic E-state index is -0.286. The van der Waals surface area contributed by atoms with Crippen LogP contribution in [0.3, 0.4) is 0 Å². The number of alkyl halides is 1. The van der Waals surface area contributed by atoms with Gasteiger partial charge in [-0.3, -0.25) is 0 Å². The number of rotatable bonds is 4. The number of hydrogen-bond donors (Lipinski definition) is 0. The molecule has 0 saturated carbocycles. The van der Waals surface area contributed by atoms with Crippen molar-refractivity contribution in [1.29, 1.82) is 0 Å². The Hall–Kier alpha value is -0.670. The minimum Gasteiger partial charge on any atom is -0.462 e. The summed E-state index contributed by atoms with van der Waals surface area (Å²) in [5.74, 6) is -0.286. The van der Waals surface area contributed by atoms with Gasteiger partial charge in [0.25, 0.3) is 0 Å². The summed E-state index contributed by atoms with van der Waals surface area (Å²) in [4.78, 5) is 12.6. The smallest absolute Gasteiger partial charge is 0.339 e. The third kappa shape index (κ3) is 3.42. The normalized spacial score (nSPS) is 12.2. The van der Waals surface area contributed by atoms with Crippen LogP contribution in [-0.2, 0) is 4.74 Å². The fourth-order valence-electron chi connectivity index (χ4n) is 1.34. The number of esters is 1. The molecule has 1 atom stereocenters. The number of hydrogen-bond acceptors (Lipinski definition) is 3. The van der Waals surface area contributed by atoms with Gasteiger partial charge in [0.1, 0.15) is 0 Å². The van der Waals surface area contributed by atoms with E-state index in [4.69, 9.17) is 16.3 Å². The lowest BCUT2D eigenvalue weighted by Crippen LogP contribution is -2.07. The van der Waals surface area contributed by atoms with Crippen LogP contribution in [0.2, 0.25) is 0 Å². The summed E-state index contributed by atoms with van der Waals surface area (Å²) in [5, 5.41) is 0. The largest absolute Gasteiger partial charge is 0.462 e. The molecular weight excluding hydrogens is 244 g/mol. The van der Waals surface area contributed by atoms with E-state index in [0.29, 0.717) is 12.2 Å². The first-order valence-corrected chi connectivity index (χ1v) is 6.45. The first kappa shape index (κ1) is 13.4. The first-order chi connectivity index (χ1) is 7.56. The van der Waals surface area contributed by atoms with E-state index in [-0.39, 0.29) is 10.7 Å². The Morgan fingerprint density at radius 1 is 1.56 bits per heavy atom. The summed E-state index contributed by atoms with van der Waals surface area (Å²) in [6.45, 7) is 6.02. The summed E-state index contributed by atoms with van der Waals surface area (Å²) < 4.78 is 4.94. The Morgan fingerprint density at radius 3 is 2.81 bits per heavy atom. The number of halogens is 1. The first-order valence-electron chi connectivity index (χ1n) is 5.13. The van der Waals surface area contributed by atoms with Gasteiger partial charge in [0, 0.05) is 4.90 Å². The van der Waals surface area contributed by atoms with Crippen molar-refractivity contribution in [3.05, 3.63) is 29.3 Å². The lowest BCUT2D eigenvalue weighted by molar-refractivity contribution is 0.0522. The highest BCUT2D eigenvalue weighted by molar-refractivity contribution is 8.01. The number of ether oxygens (including phenoxy) is 1. The molecule has 1 rings (SSSR count). The highest BCUT2D eigenvalue weighted by Gasteiger charge is 2.15. The Kier molecular flexibility index (Phi) is 5.16. The van der Waals surface area contributed by atoms with Gasteiger partial charge in [0.2, 0.25) is 0 Å². The van der Waals surface area contributed by atoms with Crippen LogP contribution in [0.15, 0.2) is 23.1 Å². The standard InChI is InChI=1S/C12H15ClO2S/c1-4-15-12(14)10-7-5-6-8(2)11(10)16-9(3)13/h5-7,9H,4H2,1-3H3. The third-order valence-corrected chi connectivity index (χ3v) is 3.36. The summed E-state index contributed by atoms with van der Waals surface area (Å²) >= 11 is 7.42. The van der Waals surface area contributed by atoms with Crippen LogP contribution in [0.25, 0.3) is 0 Å². The van der Waals surface area contributed by atoms with Crippen LogP contribution in [-0.4, -0.2) is 17.3 Å². The zero-order valence-corrected chi connectivity index (χ0v) is 11.2. The van der Waals surface area contributed by atoms with Crippen molar-refractivity contribution in [2.24, 2.45) is 0 Å². The van der Waals surface area contributed by atoms with E-state index < -0.39 is 0 Å².